The van der Waals surface area contributed by atoms with E-state index in [9.17, 15) is 4.79 Å². The summed E-state index contributed by atoms with van der Waals surface area (Å²) in [6.45, 7) is 2.15. The fraction of sp³-hybridized carbons (Fsp3) is 0.333. The van der Waals surface area contributed by atoms with Crippen molar-refractivity contribution in [3.63, 3.8) is 0 Å². The summed E-state index contributed by atoms with van der Waals surface area (Å²) in [5.74, 6) is 5.72. The zero-order chi connectivity index (χ0) is 13.2. The predicted octanol–water partition coefficient (Wildman–Crippen LogP) is 3.10. The molecule has 1 aromatic rings. The van der Waals surface area contributed by atoms with Crippen LogP contribution in [0.1, 0.15) is 48.5 Å². The lowest BCUT2D eigenvalue weighted by atomic mass is 10.0. The topological polar surface area (TPSA) is 53.5 Å². The second kappa shape index (κ2) is 8.00. The summed E-state index contributed by atoms with van der Waals surface area (Å²) in [5, 5.41) is 0. The molecule has 0 amide bonds. The van der Waals surface area contributed by atoms with Gasteiger partial charge in [0, 0.05) is 17.5 Å². The van der Waals surface area contributed by atoms with E-state index in [0.29, 0.717) is 11.1 Å². The minimum atomic E-state index is -0.337. The molecule has 0 saturated heterocycles. The molecule has 0 fully saturated rings. The molecule has 1 aromatic carbocycles. The summed E-state index contributed by atoms with van der Waals surface area (Å²) in [6, 6.07) is 7.08. The minimum Gasteiger partial charge on any atom is -0.361 e. The molecule has 0 aliphatic heterocycles. The average molecular weight is 240 g/mol. The lowest BCUT2D eigenvalue weighted by molar-refractivity contribution is 0.00234. The molecule has 0 N–H and O–H groups in total. The first-order valence-corrected chi connectivity index (χ1v) is 6.09. The van der Waals surface area contributed by atoms with Crippen molar-refractivity contribution < 1.29 is 9.58 Å². The van der Waals surface area contributed by atoms with Gasteiger partial charge in [0.1, 0.15) is 0 Å². The zero-order valence-electron chi connectivity index (χ0n) is 10.5. The van der Waals surface area contributed by atoms with E-state index in [2.05, 4.69) is 23.6 Å². The Morgan fingerprint density at radius 3 is 2.89 bits per heavy atom. The molecule has 0 aromatic heterocycles. The van der Waals surface area contributed by atoms with Crippen molar-refractivity contribution in [2.45, 2.75) is 32.6 Å². The summed E-state index contributed by atoms with van der Waals surface area (Å²) in [4.78, 5) is 14.4. The third-order valence-electron chi connectivity index (χ3n) is 2.50. The molecule has 0 saturated carbocycles. The van der Waals surface area contributed by atoms with Crippen LogP contribution in [0.4, 0.5) is 0 Å². The van der Waals surface area contributed by atoms with Crippen LogP contribution in [0, 0.1) is 11.8 Å². The van der Waals surface area contributed by atoms with Crippen LogP contribution in [-0.4, -0.2) is 16.8 Å². The first-order chi connectivity index (χ1) is 8.79. The highest BCUT2D eigenvalue weighted by Gasteiger charge is 2.10. The van der Waals surface area contributed by atoms with Crippen LogP contribution in [0.3, 0.4) is 0 Å². The fourth-order valence-electron chi connectivity index (χ4n) is 1.55. The van der Waals surface area contributed by atoms with Crippen molar-refractivity contribution in [3.8, 4) is 11.8 Å². The summed E-state index contributed by atoms with van der Waals surface area (Å²) < 4.78 is 0. The van der Waals surface area contributed by atoms with Crippen LogP contribution in [0.2, 0.25) is 0 Å². The second-order valence-corrected chi connectivity index (χ2v) is 3.91. The first-order valence-electron chi connectivity index (χ1n) is 6.09. The summed E-state index contributed by atoms with van der Waals surface area (Å²) in [5.41, 5.74) is 9.52. The molecule has 0 radical (unpaired) electrons. The van der Waals surface area contributed by atoms with Crippen LogP contribution in [0.15, 0.2) is 24.3 Å². The van der Waals surface area contributed by atoms with Crippen molar-refractivity contribution >= 4 is 12.0 Å². The fourth-order valence-corrected chi connectivity index (χ4v) is 1.55. The Hall–Kier alpha value is -2.17. The highest BCUT2D eigenvalue weighted by atomic mass is 16.1. The SMILES string of the molecule is CCCCCC#Cc1ccccc1C(=O)C=[N+]=[N-]. The molecule has 0 spiro atoms. The molecule has 1 rings (SSSR count). The predicted molar refractivity (Wildman–Crippen MR) is 71.5 cm³/mol. The largest absolute Gasteiger partial charge is 0.361 e. The normalized spacial score (nSPS) is 8.94. The molecule has 0 unspecified atom stereocenters. The van der Waals surface area contributed by atoms with Crippen molar-refractivity contribution in [1.29, 1.82) is 0 Å². The van der Waals surface area contributed by atoms with Gasteiger partial charge in [0.25, 0.3) is 5.78 Å². The Balaban J connectivity index is 2.82. The average Bonchev–Trinajstić information content (AvgIpc) is 2.39. The van der Waals surface area contributed by atoms with Gasteiger partial charge < -0.3 is 5.53 Å². The Kier molecular flexibility index (Phi) is 6.17. The maximum Gasteiger partial charge on any atom is 0.328 e. The quantitative estimate of drug-likeness (QED) is 0.195. The van der Waals surface area contributed by atoms with E-state index in [4.69, 9.17) is 5.53 Å². The number of benzene rings is 1. The van der Waals surface area contributed by atoms with Crippen LogP contribution in [0.25, 0.3) is 5.53 Å². The maximum absolute atomic E-state index is 11.6. The van der Waals surface area contributed by atoms with Gasteiger partial charge in [0.2, 0.25) is 0 Å². The van der Waals surface area contributed by atoms with Gasteiger partial charge in [-0.2, -0.15) is 4.79 Å². The number of carbonyl (C=O) groups is 1. The molecular formula is C15H16N2O. The molecule has 3 nitrogen and oxygen atoms in total. The van der Waals surface area contributed by atoms with Crippen LogP contribution < -0.4 is 0 Å². The van der Waals surface area contributed by atoms with Gasteiger partial charge in [-0.3, -0.25) is 4.79 Å². The number of ketones is 1. The van der Waals surface area contributed by atoms with E-state index in [1.54, 1.807) is 18.2 Å². The van der Waals surface area contributed by atoms with Gasteiger partial charge in [-0.05, 0) is 18.6 Å². The second-order valence-electron chi connectivity index (χ2n) is 3.91. The zero-order valence-corrected chi connectivity index (χ0v) is 10.5. The Labute approximate surface area is 107 Å². The molecule has 0 atom stereocenters. The maximum atomic E-state index is 11.6. The standard InChI is InChI=1S/C15H16N2O/c1-2-3-4-5-6-9-13-10-7-8-11-14(13)15(18)12-17-16/h7-8,10-12H,2-5H2,1H3. The van der Waals surface area contributed by atoms with E-state index >= 15 is 0 Å². The third kappa shape index (κ3) is 4.37. The highest BCUT2D eigenvalue weighted by Crippen LogP contribution is 2.07. The van der Waals surface area contributed by atoms with Gasteiger partial charge in [-0.15, -0.1) is 0 Å². The smallest absolute Gasteiger partial charge is 0.328 e. The van der Waals surface area contributed by atoms with Gasteiger partial charge in [0.05, 0.1) is 0 Å². The van der Waals surface area contributed by atoms with Crippen molar-refractivity contribution in [1.82, 2.24) is 0 Å². The molecule has 0 aliphatic carbocycles. The summed E-state index contributed by atoms with van der Waals surface area (Å²) >= 11 is 0. The lowest BCUT2D eigenvalue weighted by Gasteiger charge is -1.96. The molecule has 18 heavy (non-hydrogen) atoms. The van der Waals surface area contributed by atoms with Crippen LogP contribution in [-0.2, 0) is 0 Å². The Bertz CT molecular complexity index is 517. The van der Waals surface area contributed by atoms with Crippen LogP contribution >= 0.6 is 0 Å². The van der Waals surface area contributed by atoms with Crippen molar-refractivity contribution in [2.24, 2.45) is 0 Å². The number of nitrogens with zero attached hydrogens (tertiary/aromatic N) is 2. The molecular weight excluding hydrogens is 224 g/mol. The molecule has 0 bridgehead atoms. The van der Waals surface area contributed by atoms with Gasteiger partial charge >= 0.3 is 6.21 Å². The van der Waals surface area contributed by atoms with Crippen LogP contribution in [0.5, 0.6) is 0 Å². The number of hydrogen-bond acceptors (Lipinski definition) is 1. The number of hydrogen-bond donors (Lipinski definition) is 0. The lowest BCUT2D eigenvalue weighted by Crippen LogP contribution is -2.03. The van der Waals surface area contributed by atoms with Gasteiger partial charge in [0.15, 0.2) is 0 Å². The molecule has 0 heterocycles. The molecule has 92 valence electrons. The van der Waals surface area contributed by atoms with E-state index in [1.165, 1.54) is 12.8 Å². The highest BCUT2D eigenvalue weighted by molar-refractivity contribution is 6.34. The van der Waals surface area contributed by atoms with E-state index in [1.807, 2.05) is 6.07 Å². The van der Waals surface area contributed by atoms with E-state index in [0.717, 1.165) is 19.1 Å². The minimum absolute atomic E-state index is 0.337. The van der Waals surface area contributed by atoms with Crippen molar-refractivity contribution in [3.05, 3.63) is 40.9 Å². The Morgan fingerprint density at radius 2 is 2.17 bits per heavy atom. The number of rotatable bonds is 5. The Morgan fingerprint density at radius 1 is 1.39 bits per heavy atom. The van der Waals surface area contributed by atoms with E-state index < -0.39 is 0 Å². The van der Waals surface area contributed by atoms with Gasteiger partial charge in [-0.25, -0.2) is 0 Å². The van der Waals surface area contributed by atoms with E-state index in [-0.39, 0.29) is 5.78 Å². The third-order valence-corrected chi connectivity index (χ3v) is 2.50. The number of unbranched alkanes of at least 4 members (excludes halogenated alkanes) is 3. The number of Topliss-reactive ketones (excluding diaryl/α,β-unsaturated/α-hetero) is 1. The summed E-state index contributed by atoms with van der Waals surface area (Å²) in [7, 11) is 0. The number of carbonyl (C=O) groups excluding carboxylic acids is 1. The molecule has 3 heteroatoms. The van der Waals surface area contributed by atoms with Gasteiger partial charge in [-0.1, -0.05) is 43.7 Å². The molecule has 0 aliphatic rings. The first kappa shape index (κ1) is 13.9. The summed E-state index contributed by atoms with van der Waals surface area (Å²) in [6.07, 6.45) is 5.15. The monoisotopic (exact) mass is 240 g/mol. The van der Waals surface area contributed by atoms with Crippen molar-refractivity contribution in [2.75, 3.05) is 0 Å².